The number of hydrogen-bond acceptors (Lipinski definition) is 4. The summed E-state index contributed by atoms with van der Waals surface area (Å²) in [4.78, 5) is 17.2. The summed E-state index contributed by atoms with van der Waals surface area (Å²) < 4.78 is 0. The average molecular weight is 376 g/mol. The van der Waals surface area contributed by atoms with Crippen LogP contribution in [-0.2, 0) is 11.3 Å². The average Bonchev–Trinajstić information content (AvgIpc) is 2.92. The Morgan fingerprint density at radius 3 is 2.65 bits per heavy atom. The van der Waals surface area contributed by atoms with Crippen molar-refractivity contribution in [3.63, 3.8) is 0 Å². The van der Waals surface area contributed by atoms with Crippen LogP contribution in [0.1, 0.15) is 44.1 Å². The molecule has 0 unspecified atom stereocenters. The van der Waals surface area contributed by atoms with E-state index in [1.807, 2.05) is 17.8 Å². The summed E-state index contributed by atoms with van der Waals surface area (Å²) in [5.74, 6) is 2.55. The molecule has 1 aromatic carbocycles. The Morgan fingerprint density at radius 2 is 1.92 bits per heavy atom. The van der Waals surface area contributed by atoms with Crippen LogP contribution >= 0.6 is 11.8 Å². The Balaban J connectivity index is 1.49. The van der Waals surface area contributed by atoms with Crippen molar-refractivity contribution in [2.75, 3.05) is 43.5 Å². The Kier molecular flexibility index (Phi) is 7.84. The summed E-state index contributed by atoms with van der Waals surface area (Å²) in [6, 6.07) is 8.91. The van der Waals surface area contributed by atoms with E-state index in [1.165, 1.54) is 55.6 Å². The number of hydrogen-bond donors (Lipinski definition) is 1. The monoisotopic (exact) mass is 375 g/mol. The van der Waals surface area contributed by atoms with Gasteiger partial charge in [0.25, 0.3) is 0 Å². The lowest BCUT2D eigenvalue weighted by molar-refractivity contribution is -0.117. The molecule has 1 aromatic rings. The Bertz CT molecular complexity index is 566. The first-order chi connectivity index (χ1) is 12.7. The number of carbonyl (C=O) groups is 1. The van der Waals surface area contributed by atoms with Crippen LogP contribution in [0.2, 0.25) is 0 Å². The maximum absolute atomic E-state index is 12.5. The van der Waals surface area contributed by atoms with Crippen molar-refractivity contribution in [3.8, 4) is 0 Å². The molecule has 0 spiro atoms. The Hall–Kier alpha value is -1.04. The second-order valence-corrected chi connectivity index (χ2v) is 8.92. The minimum atomic E-state index is 0.100. The van der Waals surface area contributed by atoms with Gasteiger partial charge in [-0.25, -0.2) is 0 Å². The highest BCUT2D eigenvalue weighted by atomic mass is 32.2. The van der Waals surface area contributed by atoms with E-state index in [0.717, 1.165) is 25.3 Å². The van der Waals surface area contributed by atoms with Crippen molar-refractivity contribution in [2.45, 2.75) is 51.1 Å². The summed E-state index contributed by atoms with van der Waals surface area (Å²) in [6.45, 7) is 3.78. The van der Waals surface area contributed by atoms with Crippen LogP contribution in [0.25, 0.3) is 0 Å². The van der Waals surface area contributed by atoms with Gasteiger partial charge in [-0.1, -0.05) is 37.8 Å². The molecule has 1 heterocycles. The number of benzene rings is 1. The molecule has 26 heavy (non-hydrogen) atoms. The van der Waals surface area contributed by atoms with Gasteiger partial charge in [0.15, 0.2) is 0 Å². The molecular weight excluding hydrogens is 342 g/mol. The molecule has 2 fully saturated rings. The van der Waals surface area contributed by atoms with Gasteiger partial charge in [0.1, 0.15) is 0 Å². The first-order valence-electron chi connectivity index (χ1n) is 10.1. The van der Waals surface area contributed by atoms with E-state index in [9.17, 15) is 4.79 Å². The second kappa shape index (κ2) is 10.3. The molecule has 2 aliphatic rings. The SMILES string of the molecule is CN(CC(=O)Nc1cccc(CN2CCSCC2)c1)C1CCCCCC1. The highest BCUT2D eigenvalue weighted by molar-refractivity contribution is 7.99. The van der Waals surface area contributed by atoms with Crippen molar-refractivity contribution in [2.24, 2.45) is 0 Å². The predicted octanol–water partition coefficient (Wildman–Crippen LogP) is 3.83. The predicted molar refractivity (Wildman–Crippen MR) is 112 cm³/mol. The fourth-order valence-corrected chi connectivity index (χ4v) is 5.00. The zero-order valence-corrected chi connectivity index (χ0v) is 16.9. The van der Waals surface area contributed by atoms with Gasteiger partial charge in [-0.05, 0) is 37.6 Å². The number of thioether (sulfide) groups is 1. The van der Waals surface area contributed by atoms with Gasteiger partial charge in [-0.2, -0.15) is 11.8 Å². The molecule has 1 aliphatic carbocycles. The third-order valence-corrected chi connectivity index (χ3v) is 6.50. The van der Waals surface area contributed by atoms with E-state index >= 15 is 0 Å². The minimum Gasteiger partial charge on any atom is -0.325 e. The van der Waals surface area contributed by atoms with Gasteiger partial charge in [-0.3, -0.25) is 14.6 Å². The number of carbonyl (C=O) groups excluding carboxylic acids is 1. The van der Waals surface area contributed by atoms with Gasteiger partial charge >= 0.3 is 0 Å². The maximum atomic E-state index is 12.5. The number of amides is 1. The molecule has 5 heteroatoms. The fraction of sp³-hybridized carbons (Fsp3) is 0.667. The standard InChI is InChI=1S/C21H33N3OS/c1-23(20-9-4-2-3-5-10-20)17-21(25)22-19-8-6-7-18(15-19)16-24-11-13-26-14-12-24/h6-8,15,20H,2-5,9-14,16-17H2,1H3,(H,22,25). The highest BCUT2D eigenvalue weighted by Gasteiger charge is 2.19. The maximum Gasteiger partial charge on any atom is 0.238 e. The van der Waals surface area contributed by atoms with Crippen LogP contribution in [0.3, 0.4) is 0 Å². The van der Waals surface area contributed by atoms with Crippen molar-refractivity contribution in [1.82, 2.24) is 9.80 Å². The Morgan fingerprint density at radius 1 is 1.19 bits per heavy atom. The quantitative estimate of drug-likeness (QED) is 0.767. The third-order valence-electron chi connectivity index (χ3n) is 5.56. The highest BCUT2D eigenvalue weighted by Crippen LogP contribution is 2.21. The number of nitrogens with zero attached hydrogens (tertiary/aromatic N) is 2. The molecule has 144 valence electrons. The lowest BCUT2D eigenvalue weighted by atomic mass is 10.1. The van der Waals surface area contributed by atoms with Crippen molar-refractivity contribution in [1.29, 1.82) is 0 Å². The zero-order valence-electron chi connectivity index (χ0n) is 16.1. The lowest BCUT2D eigenvalue weighted by Crippen LogP contribution is -2.37. The first-order valence-corrected chi connectivity index (χ1v) is 11.3. The lowest BCUT2D eigenvalue weighted by Gasteiger charge is -2.27. The van der Waals surface area contributed by atoms with Gasteiger partial charge in [-0.15, -0.1) is 0 Å². The third kappa shape index (κ3) is 6.29. The normalized spacial score (nSPS) is 20.1. The molecule has 4 nitrogen and oxygen atoms in total. The summed E-state index contributed by atoms with van der Waals surface area (Å²) in [5.41, 5.74) is 2.21. The minimum absolute atomic E-state index is 0.100. The van der Waals surface area contributed by atoms with Crippen LogP contribution in [0.15, 0.2) is 24.3 Å². The van der Waals surface area contributed by atoms with E-state index in [-0.39, 0.29) is 5.91 Å². The molecule has 1 saturated carbocycles. The van der Waals surface area contributed by atoms with E-state index in [0.29, 0.717) is 12.6 Å². The molecule has 1 N–H and O–H groups in total. The van der Waals surface area contributed by atoms with Gasteiger partial charge in [0, 0.05) is 42.9 Å². The van der Waals surface area contributed by atoms with E-state index in [4.69, 9.17) is 0 Å². The molecule has 0 aromatic heterocycles. The van der Waals surface area contributed by atoms with Crippen molar-refractivity contribution >= 4 is 23.4 Å². The summed E-state index contributed by atoms with van der Waals surface area (Å²) in [6.07, 6.45) is 7.75. The molecule has 1 amide bonds. The largest absolute Gasteiger partial charge is 0.325 e. The molecule has 0 radical (unpaired) electrons. The van der Waals surface area contributed by atoms with Crippen LogP contribution in [-0.4, -0.2) is 59.9 Å². The van der Waals surface area contributed by atoms with E-state index < -0.39 is 0 Å². The fourth-order valence-electron chi connectivity index (χ4n) is 4.02. The van der Waals surface area contributed by atoms with Crippen LogP contribution in [0.4, 0.5) is 5.69 Å². The van der Waals surface area contributed by atoms with Gasteiger partial charge in [0.05, 0.1) is 6.54 Å². The first kappa shape index (κ1) is 19.7. The van der Waals surface area contributed by atoms with Crippen molar-refractivity contribution < 1.29 is 4.79 Å². The van der Waals surface area contributed by atoms with Gasteiger partial charge in [0.2, 0.25) is 5.91 Å². The van der Waals surface area contributed by atoms with Crippen LogP contribution in [0.5, 0.6) is 0 Å². The van der Waals surface area contributed by atoms with Crippen LogP contribution < -0.4 is 5.32 Å². The molecule has 0 atom stereocenters. The molecule has 3 rings (SSSR count). The van der Waals surface area contributed by atoms with Crippen LogP contribution in [0, 0.1) is 0 Å². The van der Waals surface area contributed by atoms with Crippen molar-refractivity contribution in [3.05, 3.63) is 29.8 Å². The number of anilines is 1. The smallest absolute Gasteiger partial charge is 0.238 e. The second-order valence-electron chi connectivity index (χ2n) is 7.70. The number of nitrogens with one attached hydrogen (secondary N) is 1. The van der Waals surface area contributed by atoms with Gasteiger partial charge < -0.3 is 5.32 Å². The summed E-state index contributed by atoms with van der Waals surface area (Å²) in [7, 11) is 2.10. The number of likely N-dealkylation sites (N-methyl/N-ethyl adjacent to an activating group) is 1. The van der Waals surface area contributed by atoms with E-state index in [1.54, 1.807) is 0 Å². The molecular formula is C21H33N3OS. The summed E-state index contributed by atoms with van der Waals surface area (Å²) >= 11 is 2.04. The number of rotatable bonds is 6. The van der Waals surface area contributed by atoms with E-state index in [2.05, 4.69) is 40.4 Å². The zero-order chi connectivity index (χ0) is 18.2. The molecule has 1 aliphatic heterocycles. The molecule has 1 saturated heterocycles. The summed E-state index contributed by atoms with van der Waals surface area (Å²) in [5, 5.41) is 3.10. The Labute approximate surface area is 162 Å². The topological polar surface area (TPSA) is 35.6 Å². The molecule has 0 bridgehead atoms.